The molecule has 0 aliphatic heterocycles. The topological polar surface area (TPSA) is 46.5 Å². The summed E-state index contributed by atoms with van der Waals surface area (Å²) >= 11 is 2.89. The lowest BCUT2D eigenvalue weighted by molar-refractivity contribution is 0.0696. The largest absolute Gasteiger partial charge is 0.494 e. The molecule has 1 aromatic carbocycles. The minimum absolute atomic E-state index is 0.0230. The Labute approximate surface area is 82.3 Å². The van der Waals surface area contributed by atoms with Crippen LogP contribution in [0.15, 0.2) is 16.6 Å². The number of halogens is 2. The molecular formula is C8H6BrFO3. The van der Waals surface area contributed by atoms with Crippen molar-refractivity contribution in [3.8, 4) is 5.75 Å². The summed E-state index contributed by atoms with van der Waals surface area (Å²) in [6.45, 7) is 0. The monoisotopic (exact) mass is 248 g/mol. The first kappa shape index (κ1) is 9.98. The molecule has 0 aliphatic rings. The van der Waals surface area contributed by atoms with Crippen molar-refractivity contribution in [3.05, 3.63) is 28.0 Å². The van der Waals surface area contributed by atoms with Gasteiger partial charge in [-0.25, -0.2) is 9.18 Å². The Bertz CT molecular complexity index is 351. The number of hydrogen-bond donors (Lipinski definition) is 1. The van der Waals surface area contributed by atoms with E-state index in [0.717, 1.165) is 6.07 Å². The Hall–Kier alpha value is -1.10. The van der Waals surface area contributed by atoms with Gasteiger partial charge in [-0.05, 0) is 28.1 Å². The quantitative estimate of drug-likeness (QED) is 0.874. The Kier molecular flexibility index (Phi) is 2.87. The smallest absolute Gasteiger partial charge is 0.335 e. The van der Waals surface area contributed by atoms with Gasteiger partial charge in [0.25, 0.3) is 0 Å². The molecule has 0 heterocycles. The first-order valence-electron chi connectivity index (χ1n) is 3.32. The third kappa shape index (κ3) is 1.98. The van der Waals surface area contributed by atoms with Gasteiger partial charge in [0.05, 0.1) is 17.1 Å². The Morgan fingerprint density at radius 1 is 1.62 bits per heavy atom. The van der Waals surface area contributed by atoms with E-state index in [9.17, 15) is 9.18 Å². The van der Waals surface area contributed by atoms with E-state index in [0.29, 0.717) is 0 Å². The number of carbonyl (C=O) groups is 1. The fourth-order valence-electron chi connectivity index (χ4n) is 0.836. The van der Waals surface area contributed by atoms with Gasteiger partial charge in [-0.1, -0.05) is 0 Å². The summed E-state index contributed by atoms with van der Waals surface area (Å²) in [5, 5.41) is 8.62. The third-order valence-corrected chi connectivity index (χ3v) is 2.04. The molecule has 0 aliphatic carbocycles. The van der Waals surface area contributed by atoms with Gasteiger partial charge in [0.2, 0.25) is 0 Å². The van der Waals surface area contributed by atoms with E-state index in [1.807, 2.05) is 0 Å². The van der Waals surface area contributed by atoms with Gasteiger partial charge in [-0.3, -0.25) is 0 Å². The molecule has 0 fully saturated rings. The number of carboxylic acid groups (broad SMARTS) is 1. The molecule has 3 nitrogen and oxygen atoms in total. The maximum absolute atomic E-state index is 13.1. The van der Waals surface area contributed by atoms with Gasteiger partial charge in [0, 0.05) is 0 Å². The minimum Gasteiger partial charge on any atom is -0.494 e. The zero-order valence-electron chi connectivity index (χ0n) is 6.67. The molecule has 0 aromatic heterocycles. The summed E-state index contributed by atoms with van der Waals surface area (Å²) in [7, 11) is 1.27. The van der Waals surface area contributed by atoms with E-state index in [1.54, 1.807) is 0 Å². The maximum Gasteiger partial charge on any atom is 0.335 e. The average molecular weight is 249 g/mol. The molecule has 0 saturated carbocycles. The van der Waals surface area contributed by atoms with Crippen LogP contribution in [0.3, 0.4) is 0 Å². The van der Waals surface area contributed by atoms with E-state index in [1.165, 1.54) is 13.2 Å². The predicted octanol–water partition coefficient (Wildman–Crippen LogP) is 2.29. The molecule has 0 amide bonds. The molecule has 13 heavy (non-hydrogen) atoms. The summed E-state index contributed by atoms with van der Waals surface area (Å²) in [6.07, 6.45) is 0. The molecule has 1 N–H and O–H groups in total. The Balaban J connectivity index is 3.30. The fourth-order valence-corrected chi connectivity index (χ4v) is 1.28. The van der Waals surface area contributed by atoms with Gasteiger partial charge < -0.3 is 9.84 Å². The van der Waals surface area contributed by atoms with E-state index in [2.05, 4.69) is 20.7 Å². The summed E-state index contributed by atoms with van der Waals surface area (Å²) in [4.78, 5) is 10.5. The molecular weight excluding hydrogens is 243 g/mol. The van der Waals surface area contributed by atoms with Crippen LogP contribution in [-0.2, 0) is 0 Å². The predicted molar refractivity (Wildman–Crippen MR) is 47.6 cm³/mol. The molecule has 0 radical (unpaired) electrons. The highest BCUT2D eigenvalue weighted by molar-refractivity contribution is 9.10. The van der Waals surface area contributed by atoms with Gasteiger partial charge >= 0.3 is 5.97 Å². The average Bonchev–Trinajstić information content (AvgIpc) is 2.09. The number of hydrogen-bond acceptors (Lipinski definition) is 2. The molecule has 5 heteroatoms. The lowest BCUT2D eigenvalue weighted by Crippen LogP contribution is -1.99. The highest BCUT2D eigenvalue weighted by Crippen LogP contribution is 2.26. The highest BCUT2D eigenvalue weighted by atomic mass is 79.9. The van der Waals surface area contributed by atoms with Crippen molar-refractivity contribution < 1.29 is 19.0 Å². The fraction of sp³-hybridized carbons (Fsp3) is 0.125. The van der Waals surface area contributed by atoms with E-state index >= 15 is 0 Å². The van der Waals surface area contributed by atoms with Crippen LogP contribution >= 0.6 is 15.9 Å². The van der Waals surface area contributed by atoms with Gasteiger partial charge in [-0.15, -0.1) is 0 Å². The van der Waals surface area contributed by atoms with Crippen molar-refractivity contribution in [1.29, 1.82) is 0 Å². The standard InChI is InChI=1S/C8H6BrFO3/c1-13-6-3-4(8(11)12)2-5(9)7(6)10/h2-3H,1H3,(H,11,12). The molecule has 0 unspecified atom stereocenters. The van der Waals surface area contributed by atoms with Crippen LogP contribution < -0.4 is 4.74 Å². The number of ether oxygens (including phenoxy) is 1. The molecule has 0 atom stereocenters. The summed E-state index contributed by atoms with van der Waals surface area (Å²) in [5.74, 6) is -1.82. The second-order valence-electron chi connectivity index (χ2n) is 2.28. The number of benzene rings is 1. The van der Waals surface area contributed by atoms with Crippen molar-refractivity contribution in [2.45, 2.75) is 0 Å². The Morgan fingerprint density at radius 2 is 2.23 bits per heavy atom. The molecule has 0 bridgehead atoms. The first-order chi connectivity index (χ1) is 6.06. The molecule has 70 valence electrons. The summed E-state index contributed by atoms with van der Waals surface area (Å²) in [6, 6.07) is 2.31. The lowest BCUT2D eigenvalue weighted by Gasteiger charge is -2.04. The van der Waals surface area contributed by atoms with E-state index in [-0.39, 0.29) is 15.8 Å². The van der Waals surface area contributed by atoms with E-state index < -0.39 is 11.8 Å². The van der Waals surface area contributed by atoms with Gasteiger partial charge in [0.15, 0.2) is 11.6 Å². The molecule has 0 saturated heterocycles. The van der Waals surface area contributed by atoms with Gasteiger partial charge in [-0.2, -0.15) is 0 Å². The van der Waals surface area contributed by atoms with Gasteiger partial charge in [0.1, 0.15) is 0 Å². The number of aromatic carboxylic acids is 1. The van der Waals surface area contributed by atoms with Crippen LogP contribution in [0.5, 0.6) is 5.75 Å². The number of methoxy groups -OCH3 is 1. The van der Waals surface area contributed by atoms with Crippen LogP contribution in [0.25, 0.3) is 0 Å². The zero-order chi connectivity index (χ0) is 10.0. The molecule has 1 rings (SSSR count). The number of carboxylic acids is 1. The van der Waals surface area contributed by atoms with Crippen molar-refractivity contribution in [3.63, 3.8) is 0 Å². The van der Waals surface area contributed by atoms with Crippen LogP contribution in [0.2, 0.25) is 0 Å². The minimum atomic E-state index is -1.13. The summed E-state index contributed by atoms with van der Waals surface area (Å²) < 4.78 is 17.8. The van der Waals surface area contributed by atoms with Crippen molar-refractivity contribution in [1.82, 2.24) is 0 Å². The Morgan fingerprint density at radius 3 is 2.69 bits per heavy atom. The third-order valence-electron chi connectivity index (χ3n) is 1.46. The second-order valence-corrected chi connectivity index (χ2v) is 3.13. The molecule has 1 aromatic rings. The highest BCUT2D eigenvalue weighted by Gasteiger charge is 2.12. The van der Waals surface area contributed by atoms with Crippen molar-refractivity contribution in [2.24, 2.45) is 0 Å². The summed E-state index contributed by atoms with van der Waals surface area (Å²) in [5.41, 5.74) is -0.0230. The molecule has 0 spiro atoms. The number of rotatable bonds is 2. The van der Waals surface area contributed by atoms with Crippen LogP contribution in [0.1, 0.15) is 10.4 Å². The van der Waals surface area contributed by atoms with Crippen molar-refractivity contribution >= 4 is 21.9 Å². The van der Waals surface area contributed by atoms with Crippen molar-refractivity contribution in [2.75, 3.05) is 7.11 Å². The van der Waals surface area contributed by atoms with Crippen LogP contribution in [-0.4, -0.2) is 18.2 Å². The SMILES string of the molecule is COc1cc(C(=O)O)cc(Br)c1F. The van der Waals surface area contributed by atoms with E-state index in [4.69, 9.17) is 5.11 Å². The zero-order valence-corrected chi connectivity index (χ0v) is 8.26. The normalized spacial score (nSPS) is 9.77. The van der Waals surface area contributed by atoms with Crippen LogP contribution in [0, 0.1) is 5.82 Å². The maximum atomic E-state index is 13.1. The first-order valence-corrected chi connectivity index (χ1v) is 4.12. The van der Waals surface area contributed by atoms with Crippen LogP contribution in [0.4, 0.5) is 4.39 Å². The lowest BCUT2D eigenvalue weighted by atomic mass is 10.2. The second kappa shape index (κ2) is 3.74.